The van der Waals surface area contributed by atoms with Crippen molar-refractivity contribution in [2.24, 2.45) is 0 Å². The van der Waals surface area contributed by atoms with Gasteiger partial charge >= 0.3 is 0 Å². The van der Waals surface area contributed by atoms with Crippen LogP contribution in [0.1, 0.15) is 45.6 Å². The molecule has 3 heterocycles. The van der Waals surface area contributed by atoms with Crippen molar-refractivity contribution in [2.75, 3.05) is 13.1 Å². The van der Waals surface area contributed by atoms with Gasteiger partial charge in [0.05, 0.1) is 23.8 Å². The highest BCUT2D eigenvalue weighted by molar-refractivity contribution is 7.11. The van der Waals surface area contributed by atoms with E-state index in [9.17, 15) is 9.18 Å². The van der Waals surface area contributed by atoms with Crippen LogP contribution in [0.15, 0.2) is 46.6 Å². The Bertz CT molecular complexity index is 894. The van der Waals surface area contributed by atoms with E-state index < -0.39 is 0 Å². The number of piperidine rings is 1. The van der Waals surface area contributed by atoms with Gasteiger partial charge in [-0.1, -0.05) is 18.2 Å². The number of carbonyl (C=O) groups is 1. The SMILES string of the molecule is O=C(c1cncs1)N1CCC[C@H](c2ncc(Cc3ccccc3F)o2)C1. The molecule has 0 saturated carbocycles. The number of rotatable bonds is 4. The average Bonchev–Trinajstić information content (AvgIpc) is 3.35. The van der Waals surface area contributed by atoms with Crippen LogP contribution >= 0.6 is 11.3 Å². The molecule has 0 unspecified atom stereocenters. The number of carbonyl (C=O) groups excluding carboxylic acids is 1. The highest BCUT2D eigenvalue weighted by Crippen LogP contribution is 2.28. The second kappa shape index (κ2) is 7.37. The lowest BCUT2D eigenvalue weighted by Crippen LogP contribution is -2.38. The Labute approximate surface area is 154 Å². The fourth-order valence-electron chi connectivity index (χ4n) is 3.26. The number of hydrogen-bond acceptors (Lipinski definition) is 5. The molecular weight excluding hydrogens is 353 g/mol. The van der Waals surface area contributed by atoms with E-state index in [0.29, 0.717) is 35.1 Å². The molecule has 0 aliphatic carbocycles. The molecule has 7 heteroatoms. The maximum atomic E-state index is 13.8. The molecule has 26 heavy (non-hydrogen) atoms. The average molecular weight is 371 g/mol. The lowest BCUT2D eigenvalue weighted by atomic mass is 9.98. The van der Waals surface area contributed by atoms with E-state index in [1.54, 1.807) is 36.1 Å². The highest BCUT2D eigenvalue weighted by Gasteiger charge is 2.29. The Morgan fingerprint density at radius 2 is 2.23 bits per heavy atom. The third-order valence-corrected chi connectivity index (χ3v) is 5.36. The summed E-state index contributed by atoms with van der Waals surface area (Å²) in [5.41, 5.74) is 2.25. The first-order chi connectivity index (χ1) is 12.7. The number of oxazole rings is 1. The number of aromatic nitrogens is 2. The van der Waals surface area contributed by atoms with Crippen molar-refractivity contribution in [1.29, 1.82) is 0 Å². The smallest absolute Gasteiger partial charge is 0.265 e. The number of thiazole rings is 1. The van der Waals surface area contributed by atoms with Gasteiger partial charge < -0.3 is 9.32 Å². The molecule has 134 valence electrons. The van der Waals surface area contributed by atoms with E-state index in [-0.39, 0.29) is 17.6 Å². The molecule has 3 aromatic rings. The van der Waals surface area contributed by atoms with Crippen molar-refractivity contribution in [1.82, 2.24) is 14.9 Å². The summed E-state index contributed by atoms with van der Waals surface area (Å²) in [7, 11) is 0. The standard InChI is InChI=1S/C19H18FN3O2S/c20-16-6-2-1-4-13(16)8-15-9-22-18(25-15)14-5-3-7-23(11-14)19(24)17-10-21-12-26-17/h1-2,4,6,9-10,12,14H,3,5,7-8,11H2/t14-/m0/s1. The summed E-state index contributed by atoms with van der Waals surface area (Å²) >= 11 is 1.35. The topological polar surface area (TPSA) is 59.2 Å². The minimum Gasteiger partial charge on any atom is -0.445 e. The third kappa shape index (κ3) is 3.53. The van der Waals surface area contributed by atoms with Gasteiger partial charge in [0.1, 0.15) is 16.5 Å². The fraction of sp³-hybridized carbons (Fsp3) is 0.316. The van der Waals surface area contributed by atoms with Gasteiger partial charge in [-0.2, -0.15) is 0 Å². The molecule has 1 amide bonds. The number of benzene rings is 1. The Kier molecular flexibility index (Phi) is 4.79. The molecule has 1 aliphatic heterocycles. The number of likely N-dealkylation sites (tertiary alicyclic amines) is 1. The van der Waals surface area contributed by atoms with Crippen LogP contribution in [0.2, 0.25) is 0 Å². The summed E-state index contributed by atoms with van der Waals surface area (Å²) in [5, 5.41) is 0. The van der Waals surface area contributed by atoms with Crippen molar-refractivity contribution in [2.45, 2.75) is 25.2 Å². The number of amides is 1. The van der Waals surface area contributed by atoms with Gasteiger partial charge in [0.25, 0.3) is 5.91 Å². The lowest BCUT2D eigenvalue weighted by molar-refractivity contribution is 0.0702. The summed E-state index contributed by atoms with van der Waals surface area (Å²) in [6.07, 6.45) is 5.46. The van der Waals surface area contributed by atoms with Gasteiger partial charge in [-0.25, -0.2) is 9.37 Å². The van der Waals surface area contributed by atoms with Gasteiger partial charge in [0, 0.05) is 19.5 Å². The minimum atomic E-state index is -0.246. The fourth-order valence-corrected chi connectivity index (χ4v) is 3.85. The van der Waals surface area contributed by atoms with E-state index in [0.717, 1.165) is 19.4 Å². The van der Waals surface area contributed by atoms with Crippen molar-refractivity contribution >= 4 is 17.2 Å². The van der Waals surface area contributed by atoms with Gasteiger partial charge in [0.15, 0.2) is 5.89 Å². The number of nitrogens with zero attached hydrogens (tertiary/aromatic N) is 3. The monoisotopic (exact) mass is 371 g/mol. The maximum Gasteiger partial charge on any atom is 0.265 e. The molecule has 2 aromatic heterocycles. The Balaban J connectivity index is 1.45. The van der Waals surface area contributed by atoms with Crippen LogP contribution in [0.3, 0.4) is 0 Å². The van der Waals surface area contributed by atoms with E-state index in [2.05, 4.69) is 9.97 Å². The quantitative estimate of drug-likeness (QED) is 0.698. The first-order valence-electron chi connectivity index (χ1n) is 8.56. The Morgan fingerprint density at radius 1 is 1.35 bits per heavy atom. The first kappa shape index (κ1) is 16.9. The van der Waals surface area contributed by atoms with Crippen molar-refractivity contribution < 1.29 is 13.6 Å². The maximum absolute atomic E-state index is 13.8. The van der Waals surface area contributed by atoms with Crippen LogP contribution in [0, 0.1) is 5.82 Å². The molecule has 1 atom stereocenters. The van der Waals surface area contributed by atoms with Crippen LogP contribution in [0.5, 0.6) is 0 Å². The molecule has 5 nitrogen and oxygen atoms in total. The van der Waals surface area contributed by atoms with Crippen LogP contribution < -0.4 is 0 Å². The molecule has 1 saturated heterocycles. The van der Waals surface area contributed by atoms with E-state index in [4.69, 9.17) is 4.42 Å². The lowest BCUT2D eigenvalue weighted by Gasteiger charge is -2.30. The minimum absolute atomic E-state index is 0.00957. The van der Waals surface area contributed by atoms with E-state index in [1.165, 1.54) is 17.4 Å². The second-order valence-corrected chi connectivity index (χ2v) is 7.28. The summed E-state index contributed by atoms with van der Waals surface area (Å²) < 4.78 is 19.7. The predicted octanol–water partition coefficient (Wildman–Crippen LogP) is 3.88. The zero-order valence-corrected chi connectivity index (χ0v) is 14.9. The van der Waals surface area contributed by atoms with Crippen molar-refractivity contribution in [3.63, 3.8) is 0 Å². The molecular formula is C19H18FN3O2S. The van der Waals surface area contributed by atoms with Crippen LogP contribution in [0.4, 0.5) is 4.39 Å². The highest BCUT2D eigenvalue weighted by atomic mass is 32.1. The molecule has 1 aliphatic rings. The second-order valence-electron chi connectivity index (χ2n) is 6.39. The van der Waals surface area contributed by atoms with Crippen molar-refractivity contribution in [3.8, 4) is 0 Å². The van der Waals surface area contributed by atoms with Gasteiger partial charge in [-0.05, 0) is 24.5 Å². The number of halogens is 1. The normalized spacial score (nSPS) is 17.4. The van der Waals surface area contributed by atoms with E-state index in [1.807, 2.05) is 4.90 Å². The zero-order valence-electron chi connectivity index (χ0n) is 14.1. The molecule has 1 aromatic carbocycles. The number of hydrogen-bond donors (Lipinski definition) is 0. The molecule has 0 N–H and O–H groups in total. The predicted molar refractivity (Wildman–Crippen MR) is 95.7 cm³/mol. The molecule has 0 bridgehead atoms. The molecule has 1 fully saturated rings. The molecule has 0 spiro atoms. The van der Waals surface area contributed by atoms with Gasteiger partial charge in [-0.15, -0.1) is 11.3 Å². The summed E-state index contributed by atoms with van der Waals surface area (Å²) in [6, 6.07) is 6.66. The Morgan fingerprint density at radius 3 is 3.04 bits per heavy atom. The summed E-state index contributed by atoms with van der Waals surface area (Å²) in [4.78, 5) is 23.4. The molecule has 0 radical (unpaired) electrons. The van der Waals surface area contributed by atoms with Crippen LogP contribution in [-0.4, -0.2) is 33.9 Å². The van der Waals surface area contributed by atoms with E-state index >= 15 is 0 Å². The Hall–Kier alpha value is -2.54. The van der Waals surface area contributed by atoms with Crippen LogP contribution in [0.25, 0.3) is 0 Å². The van der Waals surface area contributed by atoms with Gasteiger partial charge in [0.2, 0.25) is 0 Å². The zero-order chi connectivity index (χ0) is 17.9. The third-order valence-electron chi connectivity index (χ3n) is 4.59. The van der Waals surface area contributed by atoms with Crippen LogP contribution in [-0.2, 0) is 6.42 Å². The summed E-state index contributed by atoms with van der Waals surface area (Å²) in [5.74, 6) is 1.09. The van der Waals surface area contributed by atoms with Gasteiger partial charge in [-0.3, -0.25) is 9.78 Å². The first-order valence-corrected chi connectivity index (χ1v) is 9.44. The van der Waals surface area contributed by atoms with Crippen molar-refractivity contribution in [3.05, 3.63) is 70.1 Å². The largest absolute Gasteiger partial charge is 0.445 e. The summed E-state index contributed by atoms with van der Waals surface area (Å²) in [6.45, 7) is 1.31. The molecule has 4 rings (SSSR count).